The number of hydrogen-bond donors (Lipinski definition) is 1. The summed E-state index contributed by atoms with van der Waals surface area (Å²) in [7, 11) is 0. The van der Waals surface area contributed by atoms with Gasteiger partial charge in [0.05, 0.1) is 11.7 Å². The molecule has 2 aromatic rings. The van der Waals surface area contributed by atoms with E-state index in [1.54, 1.807) is 24.0 Å². The molecular formula is C25H29F2IN4O2. The third kappa shape index (κ3) is 5.44. The second-order valence-electron chi connectivity index (χ2n) is 9.95. The average molecular weight is 582 g/mol. The number of piperidine rings is 1. The van der Waals surface area contributed by atoms with E-state index in [9.17, 15) is 13.6 Å². The summed E-state index contributed by atoms with van der Waals surface area (Å²) >= 11 is 2.22. The van der Waals surface area contributed by atoms with Crippen molar-refractivity contribution < 1.29 is 18.3 Å². The van der Waals surface area contributed by atoms with Crippen molar-refractivity contribution in [1.82, 2.24) is 9.97 Å². The van der Waals surface area contributed by atoms with Gasteiger partial charge in [-0.25, -0.2) is 13.8 Å². The van der Waals surface area contributed by atoms with Crippen LogP contribution in [-0.4, -0.2) is 41.0 Å². The van der Waals surface area contributed by atoms with Crippen LogP contribution in [-0.2, 0) is 0 Å². The number of ether oxygens (including phenoxy) is 1. The van der Waals surface area contributed by atoms with Gasteiger partial charge in [-0.3, -0.25) is 4.79 Å². The standard InChI is InChI=1S/C25H29F2IN4O2/c1-16-14-21(31-23(29-16)32-12-10-25(26,27)11-13-32)30-22(33)19-3-2-17(28)15-20(19)34-18-4-6-24(7-5-18)8-9-24/h2-3,14-15,18H,4-13H2,1H3,(H,29,30,31,33). The molecule has 5 rings (SSSR count). The molecule has 3 aliphatic rings. The number of aryl methyl sites for hydroxylation is 1. The Bertz CT molecular complexity index is 1070. The van der Waals surface area contributed by atoms with E-state index in [1.165, 1.54) is 25.7 Å². The molecule has 2 heterocycles. The van der Waals surface area contributed by atoms with Crippen molar-refractivity contribution in [2.24, 2.45) is 5.41 Å². The van der Waals surface area contributed by atoms with Gasteiger partial charge in [0.2, 0.25) is 5.95 Å². The molecule has 6 nitrogen and oxygen atoms in total. The number of carbonyl (C=O) groups is 1. The van der Waals surface area contributed by atoms with Gasteiger partial charge in [0.1, 0.15) is 11.6 Å². The summed E-state index contributed by atoms with van der Waals surface area (Å²) in [4.78, 5) is 23.8. The molecule has 1 amide bonds. The third-order valence-corrected chi connectivity index (χ3v) is 7.97. The quantitative estimate of drug-likeness (QED) is 0.440. The summed E-state index contributed by atoms with van der Waals surface area (Å²) in [5, 5.41) is 2.87. The van der Waals surface area contributed by atoms with Crippen LogP contribution >= 0.6 is 22.6 Å². The van der Waals surface area contributed by atoms with Crippen molar-refractivity contribution in [2.45, 2.75) is 70.3 Å². The minimum Gasteiger partial charge on any atom is -0.490 e. The van der Waals surface area contributed by atoms with E-state index in [4.69, 9.17) is 4.74 Å². The van der Waals surface area contributed by atoms with E-state index in [2.05, 4.69) is 37.9 Å². The lowest BCUT2D eigenvalue weighted by molar-refractivity contribution is -0.0222. The molecule has 1 aliphatic heterocycles. The van der Waals surface area contributed by atoms with Gasteiger partial charge >= 0.3 is 0 Å². The lowest BCUT2D eigenvalue weighted by Gasteiger charge is -2.32. The molecule has 2 saturated carbocycles. The Balaban J connectivity index is 1.30. The molecule has 1 aromatic carbocycles. The molecule has 0 unspecified atom stereocenters. The van der Waals surface area contributed by atoms with Crippen molar-refractivity contribution in [3.8, 4) is 5.75 Å². The molecule has 182 valence electrons. The Morgan fingerprint density at radius 3 is 2.47 bits per heavy atom. The van der Waals surface area contributed by atoms with Crippen molar-refractivity contribution in [1.29, 1.82) is 0 Å². The topological polar surface area (TPSA) is 67.3 Å². The van der Waals surface area contributed by atoms with Crippen LogP contribution in [0.2, 0.25) is 0 Å². The zero-order valence-electron chi connectivity index (χ0n) is 19.2. The minimum atomic E-state index is -2.64. The fourth-order valence-electron chi connectivity index (χ4n) is 4.93. The van der Waals surface area contributed by atoms with Gasteiger partial charge in [-0.05, 0) is 91.7 Å². The molecule has 34 heavy (non-hydrogen) atoms. The minimum absolute atomic E-state index is 0.126. The highest BCUT2D eigenvalue weighted by molar-refractivity contribution is 14.1. The summed E-state index contributed by atoms with van der Waals surface area (Å²) in [6, 6.07) is 7.25. The van der Waals surface area contributed by atoms with Crippen molar-refractivity contribution in [2.75, 3.05) is 23.3 Å². The lowest BCUT2D eigenvalue weighted by atomic mass is 9.85. The Morgan fingerprint density at radius 2 is 1.79 bits per heavy atom. The zero-order valence-corrected chi connectivity index (χ0v) is 21.4. The summed E-state index contributed by atoms with van der Waals surface area (Å²) in [5.41, 5.74) is 1.70. The molecule has 3 fully saturated rings. The van der Waals surface area contributed by atoms with Gasteiger partial charge in [-0.1, -0.05) is 0 Å². The molecule has 1 aromatic heterocycles. The van der Waals surface area contributed by atoms with E-state index in [0.29, 0.717) is 34.2 Å². The van der Waals surface area contributed by atoms with Gasteiger partial charge in [-0.15, -0.1) is 0 Å². The summed E-state index contributed by atoms with van der Waals surface area (Å²) < 4.78 is 34.4. The van der Waals surface area contributed by atoms with Gasteiger partial charge in [0.15, 0.2) is 0 Å². The molecule has 1 spiro atoms. The van der Waals surface area contributed by atoms with Gasteiger partial charge < -0.3 is 15.0 Å². The fraction of sp³-hybridized carbons (Fsp3) is 0.560. The summed E-state index contributed by atoms with van der Waals surface area (Å²) in [6.45, 7) is 2.16. The number of aromatic nitrogens is 2. The van der Waals surface area contributed by atoms with Crippen molar-refractivity contribution in [3.63, 3.8) is 0 Å². The van der Waals surface area contributed by atoms with Crippen LogP contribution in [0.1, 0.15) is 67.4 Å². The van der Waals surface area contributed by atoms with Crippen LogP contribution in [0.4, 0.5) is 20.5 Å². The number of amides is 1. The Labute approximate surface area is 212 Å². The first-order valence-electron chi connectivity index (χ1n) is 12.0. The number of carbonyl (C=O) groups excluding carboxylic acids is 1. The first-order valence-corrected chi connectivity index (χ1v) is 13.0. The number of halogens is 3. The number of alkyl halides is 2. The Morgan fingerprint density at radius 1 is 1.09 bits per heavy atom. The van der Waals surface area contributed by atoms with E-state index >= 15 is 0 Å². The molecule has 0 atom stereocenters. The first kappa shape index (κ1) is 23.7. The highest BCUT2D eigenvalue weighted by Crippen LogP contribution is 2.56. The average Bonchev–Trinajstić information content (AvgIpc) is 3.54. The monoisotopic (exact) mass is 582 g/mol. The van der Waals surface area contributed by atoms with Crippen LogP contribution in [0.5, 0.6) is 5.75 Å². The normalized spacial score (nSPS) is 21.4. The number of hydrogen-bond acceptors (Lipinski definition) is 5. The molecule has 1 N–H and O–H groups in total. The predicted molar refractivity (Wildman–Crippen MR) is 135 cm³/mol. The van der Waals surface area contributed by atoms with Gasteiger partial charge in [0.25, 0.3) is 11.8 Å². The maximum absolute atomic E-state index is 13.6. The lowest BCUT2D eigenvalue weighted by Crippen LogP contribution is -2.40. The Kier molecular flexibility index (Phi) is 6.41. The maximum atomic E-state index is 13.6. The second kappa shape index (κ2) is 9.20. The Hall–Kier alpha value is -2.04. The number of rotatable bonds is 5. The fourth-order valence-corrected chi connectivity index (χ4v) is 5.40. The molecule has 0 bridgehead atoms. The van der Waals surface area contributed by atoms with E-state index in [0.717, 1.165) is 16.4 Å². The van der Waals surface area contributed by atoms with Gasteiger partial charge in [-0.2, -0.15) is 4.98 Å². The highest BCUT2D eigenvalue weighted by atomic mass is 127. The van der Waals surface area contributed by atoms with Crippen LogP contribution < -0.4 is 15.0 Å². The summed E-state index contributed by atoms with van der Waals surface area (Å²) in [5.74, 6) is -1.65. The van der Waals surface area contributed by atoms with Crippen molar-refractivity contribution in [3.05, 3.63) is 39.1 Å². The zero-order chi connectivity index (χ0) is 23.9. The van der Waals surface area contributed by atoms with Gasteiger partial charge in [0, 0.05) is 41.3 Å². The summed E-state index contributed by atoms with van der Waals surface area (Å²) in [6.07, 6.45) is 6.82. The predicted octanol–water partition coefficient (Wildman–Crippen LogP) is 5.98. The van der Waals surface area contributed by atoms with E-state index in [-0.39, 0.29) is 37.9 Å². The smallest absolute Gasteiger partial charge is 0.260 e. The molecule has 2 aliphatic carbocycles. The van der Waals surface area contributed by atoms with Crippen LogP contribution in [0.15, 0.2) is 24.3 Å². The van der Waals surface area contributed by atoms with Crippen LogP contribution in [0, 0.1) is 15.9 Å². The number of benzene rings is 1. The highest BCUT2D eigenvalue weighted by Gasteiger charge is 2.45. The first-order chi connectivity index (χ1) is 16.2. The number of anilines is 2. The molecule has 1 saturated heterocycles. The largest absolute Gasteiger partial charge is 0.490 e. The molecular weight excluding hydrogens is 553 g/mol. The maximum Gasteiger partial charge on any atom is 0.260 e. The molecule has 9 heteroatoms. The number of nitrogens with one attached hydrogen (secondary N) is 1. The number of nitrogens with zero attached hydrogens (tertiary/aromatic N) is 3. The van der Waals surface area contributed by atoms with Crippen LogP contribution in [0.3, 0.4) is 0 Å². The van der Waals surface area contributed by atoms with E-state index in [1.807, 2.05) is 12.1 Å². The van der Waals surface area contributed by atoms with E-state index < -0.39 is 5.92 Å². The third-order valence-electron chi connectivity index (χ3n) is 7.29. The second-order valence-corrected chi connectivity index (χ2v) is 11.2. The SMILES string of the molecule is Cc1cc(NC(=O)c2ccc(I)cc2OC2CCC3(CC2)CC3)nc(N2CCC(F)(F)CC2)n1. The van der Waals surface area contributed by atoms with Crippen LogP contribution in [0.25, 0.3) is 0 Å². The molecule has 0 radical (unpaired) electrons. The van der Waals surface area contributed by atoms with Crippen molar-refractivity contribution >= 4 is 40.3 Å².